The standard InChI is InChI=1S/C7H7BN4O2/c13-8(14)6-1-3-7(4-2-6)12-5-9-10-11-12/h1-5,13-14H. The van der Waals surface area contributed by atoms with Gasteiger partial charge in [-0.3, -0.25) is 0 Å². The van der Waals surface area contributed by atoms with Gasteiger partial charge >= 0.3 is 7.12 Å². The number of hydrogen-bond acceptors (Lipinski definition) is 5. The van der Waals surface area contributed by atoms with E-state index >= 15 is 0 Å². The van der Waals surface area contributed by atoms with Gasteiger partial charge in [-0.25, -0.2) is 4.68 Å². The number of tetrazole rings is 1. The van der Waals surface area contributed by atoms with Crippen LogP contribution in [0, 0.1) is 0 Å². The summed E-state index contributed by atoms with van der Waals surface area (Å²) in [5, 5.41) is 28.4. The molecule has 7 heteroatoms. The summed E-state index contributed by atoms with van der Waals surface area (Å²) in [5.41, 5.74) is 1.20. The van der Waals surface area contributed by atoms with E-state index < -0.39 is 7.12 Å². The van der Waals surface area contributed by atoms with Crippen molar-refractivity contribution < 1.29 is 10.0 Å². The summed E-state index contributed by atoms with van der Waals surface area (Å²) in [5.74, 6) is 0. The van der Waals surface area contributed by atoms with E-state index in [0.717, 1.165) is 5.69 Å². The summed E-state index contributed by atoms with van der Waals surface area (Å²) in [7, 11) is -1.45. The number of aromatic nitrogens is 4. The lowest BCUT2D eigenvalue weighted by atomic mass is 9.80. The Balaban J connectivity index is 2.31. The first-order valence-corrected chi connectivity index (χ1v) is 3.97. The molecule has 0 aliphatic carbocycles. The van der Waals surface area contributed by atoms with Crippen molar-refractivity contribution in [1.82, 2.24) is 20.2 Å². The van der Waals surface area contributed by atoms with Gasteiger partial charge in [0.1, 0.15) is 6.33 Å². The van der Waals surface area contributed by atoms with E-state index in [-0.39, 0.29) is 0 Å². The van der Waals surface area contributed by atoms with Crippen molar-refractivity contribution in [3.63, 3.8) is 0 Å². The maximum atomic E-state index is 8.85. The SMILES string of the molecule is OB(O)c1ccc(-n2cnnn2)cc1. The van der Waals surface area contributed by atoms with Gasteiger partial charge in [-0.2, -0.15) is 0 Å². The Morgan fingerprint density at radius 1 is 1.14 bits per heavy atom. The van der Waals surface area contributed by atoms with Gasteiger partial charge in [-0.15, -0.1) is 5.10 Å². The maximum Gasteiger partial charge on any atom is 0.488 e. The normalized spacial score (nSPS) is 10.1. The molecule has 0 aliphatic rings. The highest BCUT2D eigenvalue weighted by molar-refractivity contribution is 6.58. The largest absolute Gasteiger partial charge is 0.488 e. The maximum absolute atomic E-state index is 8.85. The molecule has 0 amide bonds. The first-order valence-electron chi connectivity index (χ1n) is 3.97. The van der Waals surface area contributed by atoms with Crippen LogP contribution in [-0.2, 0) is 0 Å². The minimum atomic E-state index is -1.45. The number of nitrogens with zero attached hydrogens (tertiary/aromatic N) is 4. The molecule has 6 nitrogen and oxygen atoms in total. The van der Waals surface area contributed by atoms with Crippen LogP contribution < -0.4 is 5.46 Å². The second-order valence-corrected chi connectivity index (χ2v) is 2.72. The second-order valence-electron chi connectivity index (χ2n) is 2.72. The summed E-state index contributed by atoms with van der Waals surface area (Å²) >= 11 is 0. The summed E-state index contributed by atoms with van der Waals surface area (Å²) in [4.78, 5) is 0. The number of hydrogen-bond donors (Lipinski definition) is 2. The van der Waals surface area contributed by atoms with Crippen LogP contribution in [0.15, 0.2) is 30.6 Å². The predicted octanol–water partition coefficient (Wildman–Crippen LogP) is -1.66. The molecule has 14 heavy (non-hydrogen) atoms. The van der Waals surface area contributed by atoms with Gasteiger partial charge in [0.05, 0.1) is 5.69 Å². The molecule has 0 saturated heterocycles. The van der Waals surface area contributed by atoms with E-state index in [1.807, 2.05) is 0 Å². The third-order valence-electron chi connectivity index (χ3n) is 1.80. The molecule has 0 fully saturated rings. The molecule has 1 aromatic heterocycles. The third-order valence-corrected chi connectivity index (χ3v) is 1.80. The second kappa shape index (κ2) is 3.56. The molecular weight excluding hydrogens is 183 g/mol. The molecule has 0 spiro atoms. The fourth-order valence-electron chi connectivity index (χ4n) is 1.08. The first-order chi connectivity index (χ1) is 6.77. The molecule has 0 radical (unpaired) electrons. The molecule has 70 valence electrons. The molecule has 0 bridgehead atoms. The molecule has 0 atom stereocenters. The minimum Gasteiger partial charge on any atom is -0.423 e. The highest BCUT2D eigenvalue weighted by atomic mass is 16.4. The van der Waals surface area contributed by atoms with Crippen molar-refractivity contribution in [2.75, 3.05) is 0 Å². The lowest BCUT2D eigenvalue weighted by molar-refractivity contribution is 0.426. The van der Waals surface area contributed by atoms with Crippen LogP contribution in [0.1, 0.15) is 0 Å². The monoisotopic (exact) mass is 190 g/mol. The van der Waals surface area contributed by atoms with E-state index in [9.17, 15) is 0 Å². The van der Waals surface area contributed by atoms with Gasteiger partial charge in [-0.1, -0.05) is 12.1 Å². The third kappa shape index (κ3) is 1.63. The van der Waals surface area contributed by atoms with Gasteiger partial charge < -0.3 is 10.0 Å². The molecular formula is C7H7BN4O2. The summed E-state index contributed by atoms with van der Waals surface area (Å²) < 4.78 is 1.48. The van der Waals surface area contributed by atoms with Crippen molar-refractivity contribution in [3.8, 4) is 5.69 Å². The van der Waals surface area contributed by atoms with Crippen LogP contribution in [-0.4, -0.2) is 37.4 Å². The fourth-order valence-corrected chi connectivity index (χ4v) is 1.08. The lowest BCUT2D eigenvalue weighted by Gasteiger charge is -2.01. The Labute approximate surface area is 80.0 Å². The van der Waals surface area contributed by atoms with Gasteiger partial charge in [0, 0.05) is 0 Å². The fraction of sp³-hybridized carbons (Fsp3) is 0. The molecule has 0 unspecified atom stereocenters. The summed E-state index contributed by atoms with van der Waals surface area (Å²) in [6.45, 7) is 0. The zero-order valence-electron chi connectivity index (χ0n) is 7.15. The van der Waals surface area contributed by atoms with Gasteiger partial charge in [0.2, 0.25) is 0 Å². The van der Waals surface area contributed by atoms with E-state index in [4.69, 9.17) is 10.0 Å². The van der Waals surface area contributed by atoms with E-state index in [1.165, 1.54) is 11.0 Å². The number of benzene rings is 1. The zero-order chi connectivity index (χ0) is 9.97. The van der Waals surface area contributed by atoms with Crippen LogP contribution in [0.5, 0.6) is 0 Å². The molecule has 0 aliphatic heterocycles. The smallest absolute Gasteiger partial charge is 0.423 e. The van der Waals surface area contributed by atoms with Crippen LogP contribution in [0.3, 0.4) is 0 Å². The van der Waals surface area contributed by atoms with Crippen LogP contribution in [0.4, 0.5) is 0 Å². The van der Waals surface area contributed by atoms with E-state index in [2.05, 4.69) is 15.5 Å². The Hall–Kier alpha value is -1.73. The average Bonchev–Trinajstić information content (AvgIpc) is 2.71. The molecule has 1 aromatic carbocycles. The first kappa shape index (κ1) is 8.85. The van der Waals surface area contributed by atoms with Crippen molar-refractivity contribution in [3.05, 3.63) is 30.6 Å². The van der Waals surface area contributed by atoms with Gasteiger partial charge in [0.25, 0.3) is 0 Å². The van der Waals surface area contributed by atoms with Crippen molar-refractivity contribution in [2.24, 2.45) is 0 Å². The van der Waals surface area contributed by atoms with Gasteiger partial charge in [0.15, 0.2) is 0 Å². The molecule has 2 rings (SSSR count). The number of rotatable bonds is 2. The summed E-state index contributed by atoms with van der Waals surface area (Å²) in [6, 6.07) is 6.60. The average molecular weight is 190 g/mol. The Morgan fingerprint density at radius 3 is 2.36 bits per heavy atom. The predicted molar refractivity (Wildman–Crippen MR) is 49.0 cm³/mol. The van der Waals surface area contributed by atoms with Crippen LogP contribution in [0.2, 0.25) is 0 Å². The van der Waals surface area contributed by atoms with Crippen molar-refractivity contribution >= 4 is 12.6 Å². The van der Waals surface area contributed by atoms with Crippen molar-refractivity contribution in [2.45, 2.75) is 0 Å². The highest BCUT2D eigenvalue weighted by Crippen LogP contribution is 2.01. The van der Waals surface area contributed by atoms with Crippen molar-refractivity contribution in [1.29, 1.82) is 0 Å². The minimum absolute atomic E-state index is 0.432. The Bertz CT molecular complexity index is 400. The Kier molecular flexibility index (Phi) is 2.25. The lowest BCUT2D eigenvalue weighted by Crippen LogP contribution is -2.29. The van der Waals surface area contributed by atoms with Crippen LogP contribution >= 0.6 is 0 Å². The molecule has 2 aromatic rings. The zero-order valence-corrected chi connectivity index (χ0v) is 7.15. The van der Waals surface area contributed by atoms with Crippen LogP contribution in [0.25, 0.3) is 5.69 Å². The van der Waals surface area contributed by atoms with E-state index in [0.29, 0.717) is 5.46 Å². The summed E-state index contributed by atoms with van der Waals surface area (Å²) in [6.07, 6.45) is 1.46. The molecule has 0 saturated carbocycles. The Morgan fingerprint density at radius 2 is 1.86 bits per heavy atom. The highest BCUT2D eigenvalue weighted by Gasteiger charge is 2.09. The van der Waals surface area contributed by atoms with E-state index in [1.54, 1.807) is 24.3 Å². The molecule has 1 heterocycles. The molecule has 2 N–H and O–H groups in total. The topological polar surface area (TPSA) is 84.1 Å². The van der Waals surface area contributed by atoms with Gasteiger partial charge in [-0.05, 0) is 28.0 Å². The quantitative estimate of drug-likeness (QED) is 0.553.